The Labute approximate surface area is 284 Å². The van der Waals surface area contributed by atoms with Crippen LogP contribution in [0.15, 0.2) is 48.5 Å². The van der Waals surface area contributed by atoms with Crippen LogP contribution in [0.3, 0.4) is 0 Å². The van der Waals surface area contributed by atoms with Gasteiger partial charge in [-0.3, -0.25) is 9.80 Å². The molecule has 0 spiro atoms. The van der Waals surface area contributed by atoms with Gasteiger partial charge >= 0.3 is 0 Å². The number of fused-ring (bicyclic) bond motifs is 1. The molecule has 0 atom stereocenters. The second-order valence-corrected chi connectivity index (χ2v) is 12.7. The number of benzene rings is 3. The molecule has 0 aromatic heterocycles. The van der Waals surface area contributed by atoms with Crippen LogP contribution in [0.1, 0.15) is 29.5 Å². The van der Waals surface area contributed by atoms with Crippen LogP contribution in [0.25, 0.3) is 11.1 Å². The SMILES string of the molecule is Cc1c(COc2cc(OCCOCCOCCN3CCNCC3)c(CN3CCCC3)cc2Cl)cccc1-c1ccc2c(c1)OCCO2. The van der Waals surface area contributed by atoms with Crippen molar-refractivity contribution in [1.82, 2.24) is 15.1 Å². The molecule has 1 N–H and O–H groups in total. The molecule has 2 saturated heterocycles. The van der Waals surface area contributed by atoms with Crippen LogP contribution in [0.5, 0.6) is 23.0 Å². The number of ether oxygens (including phenoxy) is 6. The predicted octanol–water partition coefficient (Wildman–Crippen LogP) is 5.58. The summed E-state index contributed by atoms with van der Waals surface area (Å²) >= 11 is 6.81. The molecule has 2 fully saturated rings. The minimum Gasteiger partial charge on any atom is -0.491 e. The number of rotatable bonds is 16. The smallest absolute Gasteiger partial charge is 0.161 e. The third-order valence-electron chi connectivity index (χ3n) is 9.01. The van der Waals surface area contributed by atoms with Crippen molar-refractivity contribution in [2.24, 2.45) is 0 Å². The number of nitrogens with zero attached hydrogens (tertiary/aromatic N) is 2. The number of hydrogen-bond acceptors (Lipinski definition) is 9. The first-order valence-corrected chi connectivity index (χ1v) is 17.4. The summed E-state index contributed by atoms with van der Waals surface area (Å²) in [7, 11) is 0. The third kappa shape index (κ3) is 9.53. The van der Waals surface area contributed by atoms with E-state index in [-0.39, 0.29) is 0 Å². The molecule has 47 heavy (non-hydrogen) atoms. The van der Waals surface area contributed by atoms with E-state index in [1.54, 1.807) is 0 Å². The summed E-state index contributed by atoms with van der Waals surface area (Å²) in [6.07, 6.45) is 2.45. The van der Waals surface area contributed by atoms with Gasteiger partial charge < -0.3 is 33.7 Å². The van der Waals surface area contributed by atoms with Gasteiger partial charge in [0.15, 0.2) is 11.5 Å². The van der Waals surface area contributed by atoms with E-state index >= 15 is 0 Å². The molecule has 0 radical (unpaired) electrons. The Morgan fingerprint density at radius 3 is 2.34 bits per heavy atom. The standard InChI is InChI=1S/C37H48ClN3O6/c1-28-30(5-4-6-32(28)29-7-8-34-37(24-29)46-22-21-44-34)27-47-36-25-35(31(23-33(36)38)26-41-11-2-3-12-41)45-20-19-43-18-17-42-16-15-40-13-9-39-10-14-40/h4-8,23-25,39H,2-3,9-22,26-27H2,1H3. The van der Waals surface area contributed by atoms with Crippen LogP contribution >= 0.6 is 11.6 Å². The summed E-state index contributed by atoms with van der Waals surface area (Å²) in [5, 5.41) is 3.96. The van der Waals surface area contributed by atoms with Crippen LogP contribution in [-0.2, 0) is 22.6 Å². The summed E-state index contributed by atoms with van der Waals surface area (Å²) in [6.45, 7) is 14.7. The van der Waals surface area contributed by atoms with Crippen molar-refractivity contribution in [2.45, 2.75) is 32.9 Å². The van der Waals surface area contributed by atoms with Gasteiger partial charge in [-0.15, -0.1) is 0 Å². The highest BCUT2D eigenvalue weighted by molar-refractivity contribution is 6.32. The monoisotopic (exact) mass is 665 g/mol. The normalized spacial score (nSPS) is 16.8. The van der Waals surface area contributed by atoms with Crippen molar-refractivity contribution in [2.75, 3.05) is 92.1 Å². The number of likely N-dealkylation sites (tertiary alicyclic amines) is 1. The molecular weight excluding hydrogens is 618 g/mol. The minimum absolute atomic E-state index is 0.382. The van der Waals surface area contributed by atoms with Crippen molar-refractivity contribution in [3.63, 3.8) is 0 Å². The summed E-state index contributed by atoms with van der Waals surface area (Å²) in [4.78, 5) is 4.87. The molecule has 0 saturated carbocycles. The van der Waals surface area contributed by atoms with E-state index in [0.717, 1.165) is 104 Å². The number of nitrogens with one attached hydrogen (secondary N) is 1. The van der Waals surface area contributed by atoms with Gasteiger partial charge in [-0.2, -0.15) is 0 Å². The third-order valence-corrected chi connectivity index (χ3v) is 9.30. The van der Waals surface area contributed by atoms with Gasteiger partial charge in [0.2, 0.25) is 0 Å². The molecule has 0 aliphatic carbocycles. The van der Waals surface area contributed by atoms with Crippen LogP contribution < -0.4 is 24.3 Å². The molecule has 0 bridgehead atoms. The zero-order valence-corrected chi connectivity index (χ0v) is 28.3. The minimum atomic E-state index is 0.382. The van der Waals surface area contributed by atoms with Crippen molar-refractivity contribution in [3.8, 4) is 34.1 Å². The number of halogens is 1. The average Bonchev–Trinajstić information content (AvgIpc) is 3.62. The molecule has 3 heterocycles. The molecule has 3 aromatic carbocycles. The maximum Gasteiger partial charge on any atom is 0.161 e. The second-order valence-electron chi connectivity index (χ2n) is 12.3. The fourth-order valence-electron chi connectivity index (χ4n) is 6.31. The summed E-state index contributed by atoms with van der Waals surface area (Å²) in [5.74, 6) is 2.96. The molecule has 10 heteroatoms. The lowest BCUT2D eigenvalue weighted by atomic mass is 9.96. The second kappa shape index (κ2) is 17.4. The highest BCUT2D eigenvalue weighted by Crippen LogP contribution is 2.37. The van der Waals surface area contributed by atoms with E-state index in [9.17, 15) is 0 Å². The Morgan fingerprint density at radius 2 is 1.51 bits per heavy atom. The summed E-state index contributed by atoms with van der Waals surface area (Å²) < 4.78 is 35.8. The fraction of sp³-hybridized carbons (Fsp3) is 0.514. The fourth-order valence-corrected chi connectivity index (χ4v) is 6.55. The first-order valence-electron chi connectivity index (χ1n) is 17.0. The van der Waals surface area contributed by atoms with Gasteiger partial charge in [0.1, 0.15) is 37.9 Å². The van der Waals surface area contributed by atoms with Gasteiger partial charge in [0.25, 0.3) is 0 Å². The van der Waals surface area contributed by atoms with E-state index in [1.807, 2.05) is 24.3 Å². The Hall–Kier alpha value is -3.05. The highest BCUT2D eigenvalue weighted by Gasteiger charge is 2.19. The van der Waals surface area contributed by atoms with Crippen molar-refractivity contribution in [3.05, 3.63) is 70.2 Å². The van der Waals surface area contributed by atoms with Crippen LogP contribution in [0.2, 0.25) is 5.02 Å². The lowest BCUT2D eigenvalue weighted by Crippen LogP contribution is -2.44. The summed E-state index contributed by atoms with van der Waals surface area (Å²) in [6, 6.07) is 16.3. The van der Waals surface area contributed by atoms with Crippen molar-refractivity contribution in [1.29, 1.82) is 0 Å². The van der Waals surface area contributed by atoms with E-state index in [2.05, 4.69) is 46.3 Å². The Kier molecular flexibility index (Phi) is 12.5. The molecule has 3 aliphatic heterocycles. The molecule has 9 nitrogen and oxygen atoms in total. The Balaban J connectivity index is 1.04. The Bertz CT molecular complexity index is 1440. The zero-order valence-electron chi connectivity index (χ0n) is 27.6. The van der Waals surface area contributed by atoms with Crippen LogP contribution in [0.4, 0.5) is 0 Å². The van der Waals surface area contributed by atoms with Crippen molar-refractivity contribution < 1.29 is 28.4 Å². The highest BCUT2D eigenvalue weighted by atomic mass is 35.5. The molecule has 3 aliphatic rings. The molecule has 6 rings (SSSR count). The maximum absolute atomic E-state index is 6.81. The number of piperazine rings is 1. The Morgan fingerprint density at radius 1 is 0.745 bits per heavy atom. The van der Waals surface area contributed by atoms with E-state index in [4.69, 9.17) is 40.0 Å². The largest absolute Gasteiger partial charge is 0.491 e. The lowest BCUT2D eigenvalue weighted by Gasteiger charge is -2.26. The number of hydrogen-bond donors (Lipinski definition) is 1. The predicted molar refractivity (Wildman–Crippen MR) is 184 cm³/mol. The van der Waals surface area contributed by atoms with E-state index < -0.39 is 0 Å². The maximum atomic E-state index is 6.81. The van der Waals surface area contributed by atoms with Gasteiger partial charge in [-0.1, -0.05) is 35.9 Å². The first kappa shape index (κ1) is 33.8. The van der Waals surface area contributed by atoms with Gasteiger partial charge in [-0.25, -0.2) is 0 Å². The first-order chi connectivity index (χ1) is 23.1. The van der Waals surface area contributed by atoms with E-state index in [0.29, 0.717) is 57.0 Å². The van der Waals surface area contributed by atoms with E-state index in [1.165, 1.54) is 12.8 Å². The average molecular weight is 666 g/mol. The molecule has 3 aromatic rings. The van der Waals surface area contributed by atoms with Gasteiger partial charge in [0.05, 0.1) is 31.5 Å². The van der Waals surface area contributed by atoms with Gasteiger partial charge in [-0.05, 0) is 73.3 Å². The molecule has 0 unspecified atom stereocenters. The lowest BCUT2D eigenvalue weighted by molar-refractivity contribution is 0.0282. The molecule has 0 amide bonds. The van der Waals surface area contributed by atoms with Crippen LogP contribution in [-0.4, -0.2) is 102 Å². The van der Waals surface area contributed by atoms with Crippen LogP contribution in [0, 0.1) is 6.92 Å². The van der Waals surface area contributed by atoms with Crippen molar-refractivity contribution >= 4 is 11.6 Å². The molecule has 254 valence electrons. The summed E-state index contributed by atoms with van der Waals surface area (Å²) in [5.41, 5.74) is 5.51. The van der Waals surface area contributed by atoms with Gasteiger partial charge in [0, 0.05) is 50.9 Å². The topological polar surface area (TPSA) is 73.9 Å². The molecular formula is C37H48ClN3O6. The zero-order chi connectivity index (χ0) is 32.3. The quantitative estimate of drug-likeness (QED) is 0.198.